The molecule has 2 fully saturated rings. The van der Waals surface area contributed by atoms with Crippen LogP contribution >= 0.6 is 0 Å². The molecule has 27 heavy (non-hydrogen) atoms. The zero-order chi connectivity index (χ0) is 18.9. The average Bonchev–Trinajstić information content (AvgIpc) is 3.54. The fraction of sp³-hybridized carbons (Fsp3) is 0.409. The van der Waals surface area contributed by atoms with Gasteiger partial charge in [0.05, 0.1) is 5.41 Å². The first-order valence-electron chi connectivity index (χ1n) is 9.66. The fourth-order valence-corrected chi connectivity index (χ4v) is 4.19. The molecule has 0 bridgehead atoms. The van der Waals surface area contributed by atoms with Crippen LogP contribution in [0.15, 0.2) is 48.8 Å². The Morgan fingerprint density at radius 2 is 1.89 bits per heavy atom. The van der Waals surface area contributed by atoms with Gasteiger partial charge >= 0.3 is 0 Å². The standard InChI is InChI=1S/C22H25N3O2/c23-21(27)22(10-3-13-25(15-22)20(26)17-6-7-17)14-18-4-1-2-5-19(18)16-8-11-24-12-9-16/h1-2,4-5,8-9,11-12,17H,3,6-7,10,13-15H2,(H2,23,27)/t22-/m0/s1. The van der Waals surface area contributed by atoms with E-state index in [1.54, 1.807) is 12.4 Å². The summed E-state index contributed by atoms with van der Waals surface area (Å²) in [5.74, 6) is 0.0563. The van der Waals surface area contributed by atoms with Crippen molar-refractivity contribution in [1.82, 2.24) is 9.88 Å². The van der Waals surface area contributed by atoms with Gasteiger partial charge in [-0.3, -0.25) is 14.6 Å². The van der Waals surface area contributed by atoms with Crippen LogP contribution in [0.4, 0.5) is 0 Å². The van der Waals surface area contributed by atoms with Crippen molar-refractivity contribution in [1.29, 1.82) is 0 Å². The summed E-state index contributed by atoms with van der Waals surface area (Å²) in [5, 5.41) is 0. The smallest absolute Gasteiger partial charge is 0.225 e. The van der Waals surface area contributed by atoms with E-state index in [2.05, 4.69) is 17.1 Å². The number of hydrogen-bond acceptors (Lipinski definition) is 3. The predicted molar refractivity (Wildman–Crippen MR) is 104 cm³/mol. The number of benzene rings is 1. The number of rotatable bonds is 5. The monoisotopic (exact) mass is 363 g/mol. The van der Waals surface area contributed by atoms with Crippen LogP contribution in [0.2, 0.25) is 0 Å². The van der Waals surface area contributed by atoms with Crippen molar-refractivity contribution >= 4 is 11.8 Å². The van der Waals surface area contributed by atoms with Gasteiger partial charge in [0.15, 0.2) is 0 Å². The third-order valence-corrected chi connectivity index (χ3v) is 5.88. The molecule has 1 aliphatic heterocycles. The number of piperidine rings is 1. The van der Waals surface area contributed by atoms with Gasteiger partial charge in [0.2, 0.25) is 11.8 Å². The van der Waals surface area contributed by atoms with Crippen LogP contribution in [-0.2, 0) is 16.0 Å². The number of aromatic nitrogens is 1. The number of nitrogens with zero attached hydrogens (tertiary/aromatic N) is 2. The molecule has 5 heteroatoms. The molecule has 0 spiro atoms. The minimum Gasteiger partial charge on any atom is -0.369 e. The van der Waals surface area contributed by atoms with Crippen LogP contribution < -0.4 is 5.73 Å². The maximum atomic E-state index is 12.6. The molecule has 1 aliphatic carbocycles. The lowest BCUT2D eigenvalue weighted by Gasteiger charge is -2.41. The third kappa shape index (κ3) is 3.59. The van der Waals surface area contributed by atoms with Crippen LogP contribution in [0.25, 0.3) is 11.1 Å². The van der Waals surface area contributed by atoms with E-state index in [0.717, 1.165) is 48.9 Å². The van der Waals surface area contributed by atoms with Crippen molar-refractivity contribution in [2.45, 2.75) is 32.1 Å². The van der Waals surface area contributed by atoms with Crippen LogP contribution in [-0.4, -0.2) is 34.8 Å². The summed E-state index contributed by atoms with van der Waals surface area (Å²) in [6.45, 7) is 1.17. The van der Waals surface area contributed by atoms with Gasteiger partial charge in [-0.1, -0.05) is 24.3 Å². The summed E-state index contributed by atoms with van der Waals surface area (Å²) in [6, 6.07) is 12.1. The summed E-state index contributed by atoms with van der Waals surface area (Å²) in [4.78, 5) is 31.1. The number of amides is 2. The summed E-state index contributed by atoms with van der Waals surface area (Å²) in [6.07, 6.45) is 7.59. The number of carbonyl (C=O) groups is 2. The number of primary amides is 1. The van der Waals surface area contributed by atoms with Gasteiger partial charge < -0.3 is 10.6 Å². The minimum atomic E-state index is -0.702. The molecule has 140 valence electrons. The number of nitrogens with two attached hydrogens (primary N) is 1. The zero-order valence-electron chi connectivity index (χ0n) is 15.4. The largest absolute Gasteiger partial charge is 0.369 e. The molecular formula is C22H25N3O2. The lowest BCUT2D eigenvalue weighted by Crippen LogP contribution is -2.53. The fourth-order valence-electron chi connectivity index (χ4n) is 4.19. The number of pyridine rings is 1. The maximum absolute atomic E-state index is 12.6. The first-order valence-corrected chi connectivity index (χ1v) is 9.66. The van der Waals surface area contributed by atoms with Gasteiger partial charge in [-0.25, -0.2) is 0 Å². The second kappa shape index (κ2) is 7.14. The van der Waals surface area contributed by atoms with E-state index in [-0.39, 0.29) is 17.7 Å². The topological polar surface area (TPSA) is 76.3 Å². The summed E-state index contributed by atoms with van der Waals surface area (Å²) >= 11 is 0. The Balaban J connectivity index is 1.64. The quantitative estimate of drug-likeness (QED) is 0.887. The second-order valence-electron chi connectivity index (χ2n) is 7.85. The van der Waals surface area contributed by atoms with E-state index in [9.17, 15) is 9.59 Å². The lowest BCUT2D eigenvalue weighted by atomic mass is 9.73. The highest BCUT2D eigenvalue weighted by molar-refractivity contribution is 5.85. The van der Waals surface area contributed by atoms with Crippen molar-refractivity contribution in [3.05, 3.63) is 54.4 Å². The third-order valence-electron chi connectivity index (χ3n) is 5.88. The van der Waals surface area contributed by atoms with Crippen molar-refractivity contribution in [3.8, 4) is 11.1 Å². The zero-order valence-corrected chi connectivity index (χ0v) is 15.4. The van der Waals surface area contributed by atoms with E-state index in [1.807, 2.05) is 29.2 Å². The molecule has 1 aromatic heterocycles. The predicted octanol–water partition coefficient (Wildman–Crippen LogP) is 2.80. The Morgan fingerprint density at radius 3 is 2.59 bits per heavy atom. The van der Waals surface area contributed by atoms with Crippen LogP contribution in [0.3, 0.4) is 0 Å². The lowest BCUT2D eigenvalue weighted by molar-refractivity contribution is -0.140. The van der Waals surface area contributed by atoms with E-state index < -0.39 is 5.41 Å². The molecule has 4 rings (SSSR count). The summed E-state index contributed by atoms with van der Waals surface area (Å²) in [7, 11) is 0. The highest BCUT2D eigenvalue weighted by atomic mass is 16.2. The molecule has 2 N–H and O–H groups in total. The molecule has 0 radical (unpaired) electrons. The molecule has 1 atom stereocenters. The summed E-state index contributed by atoms with van der Waals surface area (Å²) in [5.41, 5.74) is 8.45. The molecule has 2 amide bonds. The normalized spacial score (nSPS) is 22.4. The van der Waals surface area contributed by atoms with Gasteiger partial charge in [0, 0.05) is 31.4 Å². The van der Waals surface area contributed by atoms with Crippen molar-refractivity contribution in [2.75, 3.05) is 13.1 Å². The molecule has 0 unspecified atom stereocenters. The molecule has 1 aromatic carbocycles. The Morgan fingerprint density at radius 1 is 1.15 bits per heavy atom. The minimum absolute atomic E-state index is 0.165. The van der Waals surface area contributed by atoms with Gasteiger partial charge in [-0.15, -0.1) is 0 Å². The Bertz CT molecular complexity index is 848. The number of carbonyl (C=O) groups excluding carboxylic acids is 2. The van der Waals surface area contributed by atoms with Crippen molar-refractivity contribution in [3.63, 3.8) is 0 Å². The Hall–Kier alpha value is -2.69. The number of hydrogen-bond donors (Lipinski definition) is 1. The van der Waals surface area contributed by atoms with E-state index in [4.69, 9.17) is 5.73 Å². The van der Waals surface area contributed by atoms with Gasteiger partial charge in [0.1, 0.15) is 0 Å². The van der Waals surface area contributed by atoms with Crippen molar-refractivity contribution < 1.29 is 9.59 Å². The maximum Gasteiger partial charge on any atom is 0.225 e. The average molecular weight is 363 g/mol. The number of likely N-dealkylation sites (tertiary alicyclic amines) is 1. The molecule has 2 aromatic rings. The van der Waals surface area contributed by atoms with Crippen molar-refractivity contribution in [2.24, 2.45) is 17.1 Å². The molecule has 1 saturated heterocycles. The van der Waals surface area contributed by atoms with Gasteiger partial charge in [0.25, 0.3) is 0 Å². The summed E-state index contributed by atoms with van der Waals surface area (Å²) < 4.78 is 0. The molecule has 2 aliphatic rings. The second-order valence-corrected chi connectivity index (χ2v) is 7.85. The van der Waals surface area contributed by atoms with Crippen LogP contribution in [0.5, 0.6) is 0 Å². The molecule has 2 heterocycles. The van der Waals surface area contributed by atoms with E-state index >= 15 is 0 Å². The van der Waals surface area contributed by atoms with E-state index in [0.29, 0.717) is 13.0 Å². The first-order chi connectivity index (χ1) is 13.1. The highest BCUT2D eigenvalue weighted by Crippen LogP contribution is 2.39. The Labute approximate surface area is 159 Å². The van der Waals surface area contributed by atoms with Crippen LogP contribution in [0, 0.1) is 11.3 Å². The van der Waals surface area contributed by atoms with Gasteiger partial charge in [-0.2, -0.15) is 0 Å². The van der Waals surface area contributed by atoms with Crippen LogP contribution in [0.1, 0.15) is 31.2 Å². The molecule has 5 nitrogen and oxygen atoms in total. The van der Waals surface area contributed by atoms with Gasteiger partial charge in [-0.05, 0) is 60.9 Å². The highest BCUT2D eigenvalue weighted by Gasteiger charge is 2.44. The molecular weight excluding hydrogens is 338 g/mol. The van der Waals surface area contributed by atoms with E-state index in [1.165, 1.54) is 0 Å². The first kappa shape index (κ1) is 17.7. The Kier molecular flexibility index (Phi) is 4.68. The molecule has 1 saturated carbocycles. The SMILES string of the molecule is NC(=O)[C@]1(Cc2ccccc2-c2ccncc2)CCCN(C(=O)C2CC2)C1.